The highest BCUT2D eigenvalue weighted by Gasteiger charge is 2.21. The SMILES string of the molecule is CC(C)(CNC(=O)NCc1ccncc1)c1ccc(Cl)cc1. The summed E-state index contributed by atoms with van der Waals surface area (Å²) in [6.45, 7) is 5.19. The highest BCUT2D eigenvalue weighted by Crippen LogP contribution is 2.23. The lowest BCUT2D eigenvalue weighted by molar-refractivity contribution is 0.238. The van der Waals surface area contributed by atoms with Crippen LogP contribution in [0.1, 0.15) is 25.0 Å². The van der Waals surface area contributed by atoms with E-state index in [2.05, 4.69) is 29.5 Å². The smallest absolute Gasteiger partial charge is 0.315 e. The lowest BCUT2D eigenvalue weighted by Gasteiger charge is -2.25. The van der Waals surface area contributed by atoms with Gasteiger partial charge in [0.25, 0.3) is 0 Å². The van der Waals surface area contributed by atoms with Crippen LogP contribution >= 0.6 is 11.6 Å². The molecule has 0 radical (unpaired) electrons. The summed E-state index contributed by atoms with van der Waals surface area (Å²) in [5.74, 6) is 0. The van der Waals surface area contributed by atoms with E-state index >= 15 is 0 Å². The van der Waals surface area contributed by atoms with E-state index in [0.717, 1.165) is 11.1 Å². The Hall–Kier alpha value is -2.07. The Balaban J connectivity index is 1.83. The number of urea groups is 1. The predicted molar refractivity (Wildman–Crippen MR) is 89.0 cm³/mol. The fourth-order valence-corrected chi connectivity index (χ4v) is 2.18. The van der Waals surface area contributed by atoms with Crippen LogP contribution in [0.4, 0.5) is 4.79 Å². The minimum Gasteiger partial charge on any atom is -0.337 e. The standard InChI is InChI=1S/C17H20ClN3O/c1-17(2,14-3-5-15(18)6-4-14)12-21-16(22)20-11-13-7-9-19-10-8-13/h3-10H,11-12H2,1-2H3,(H2,20,21,22). The number of benzene rings is 1. The van der Waals surface area contributed by atoms with Gasteiger partial charge in [-0.25, -0.2) is 4.79 Å². The van der Waals surface area contributed by atoms with E-state index in [0.29, 0.717) is 18.1 Å². The van der Waals surface area contributed by atoms with E-state index in [1.807, 2.05) is 36.4 Å². The first-order valence-electron chi connectivity index (χ1n) is 7.14. The average molecular weight is 318 g/mol. The molecular formula is C17H20ClN3O. The Morgan fingerprint density at radius 3 is 2.36 bits per heavy atom. The van der Waals surface area contributed by atoms with Crippen LogP contribution in [0.3, 0.4) is 0 Å². The molecule has 0 spiro atoms. The van der Waals surface area contributed by atoms with Crippen molar-refractivity contribution in [2.75, 3.05) is 6.54 Å². The zero-order chi connectivity index (χ0) is 16.0. The second kappa shape index (κ2) is 7.27. The van der Waals surface area contributed by atoms with E-state index < -0.39 is 0 Å². The van der Waals surface area contributed by atoms with Crippen molar-refractivity contribution in [1.82, 2.24) is 15.6 Å². The molecule has 0 aliphatic heterocycles. The molecule has 0 unspecified atom stereocenters. The maximum absolute atomic E-state index is 11.9. The number of hydrogen-bond donors (Lipinski definition) is 2. The number of rotatable bonds is 5. The number of pyridine rings is 1. The van der Waals surface area contributed by atoms with Crippen LogP contribution in [-0.2, 0) is 12.0 Å². The Kier molecular flexibility index (Phi) is 5.39. The molecule has 1 heterocycles. The van der Waals surface area contributed by atoms with Gasteiger partial charge in [0.1, 0.15) is 0 Å². The Bertz CT molecular complexity index is 612. The molecule has 116 valence electrons. The highest BCUT2D eigenvalue weighted by atomic mass is 35.5. The van der Waals surface area contributed by atoms with Crippen molar-refractivity contribution < 1.29 is 4.79 Å². The Morgan fingerprint density at radius 2 is 1.73 bits per heavy atom. The second-order valence-electron chi connectivity index (χ2n) is 5.78. The van der Waals surface area contributed by atoms with Crippen molar-refractivity contribution in [2.45, 2.75) is 25.8 Å². The van der Waals surface area contributed by atoms with E-state index in [-0.39, 0.29) is 11.4 Å². The number of hydrogen-bond acceptors (Lipinski definition) is 2. The molecule has 1 aromatic heterocycles. The molecule has 0 aliphatic rings. The van der Waals surface area contributed by atoms with Crippen LogP contribution < -0.4 is 10.6 Å². The summed E-state index contributed by atoms with van der Waals surface area (Å²) in [7, 11) is 0. The third-order valence-electron chi connectivity index (χ3n) is 3.52. The van der Waals surface area contributed by atoms with Crippen molar-refractivity contribution in [3.8, 4) is 0 Å². The lowest BCUT2D eigenvalue weighted by Crippen LogP contribution is -2.42. The van der Waals surface area contributed by atoms with E-state index in [1.54, 1.807) is 12.4 Å². The molecule has 2 N–H and O–H groups in total. The number of carbonyl (C=O) groups is 1. The molecule has 0 fully saturated rings. The van der Waals surface area contributed by atoms with Gasteiger partial charge in [0.15, 0.2) is 0 Å². The van der Waals surface area contributed by atoms with E-state index in [1.165, 1.54) is 0 Å². The van der Waals surface area contributed by atoms with Crippen molar-refractivity contribution in [3.63, 3.8) is 0 Å². The van der Waals surface area contributed by atoms with Gasteiger partial charge in [0, 0.05) is 35.9 Å². The minimum atomic E-state index is -0.182. The number of nitrogens with zero attached hydrogens (tertiary/aromatic N) is 1. The van der Waals surface area contributed by atoms with Gasteiger partial charge < -0.3 is 10.6 Å². The fraction of sp³-hybridized carbons (Fsp3) is 0.294. The first-order chi connectivity index (χ1) is 10.5. The van der Waals surface area contributed by atoms with Gasteiger partial charge in [-0.15, -0.1) is 0 Å². The topological polar surface area (TPSA) is 54.0 Å². The molecule has 4 nitrogen and oxygen atoms in total. The van der Waals surface area contributed by atoms with Gasteiger partial charge in [-0.1, -0.05) is 37.6 Å². The zero-order valence-electron chi connectivity index (χ0n) is 12.8. The van der Waals surface area contributed by atoms with Gasteiger partial charge in [-0.2, -0.15) is 0 Å². The molecule has 0 aliphatic carbocycles. The molecule has 2 aromatic rings. The average Bonchev–Trinajstić information content (AvgIpc) is 2.52. The second-order valence-corrected chi connectivity index (χ2v) is 6.22. The van der Waals surface area contributed by atoms with Gasteiger partial charge in [-0.05, 0) is 35.4 Å². The lowest BCUT2D eigenvalue weighted by atomic mass is 9.85. The first kappa shape index (κ1) is 16.3. The summed E-state index contributed by atoms with van der Waals surface area (Å²) in [6, 6.07) is 11.3. The van der Waals surface area contributed by atoms with Crippen LogP contribution in [0.15, 0.2) is 48.8 Å². The zero-order valence-corrected chi connectivity index (χ0v) is 13.5. The molecule has 5 heteroatoms. The molecule has 2 rings (SSSR count). The van der Waals surface area contributed by atoms with Crippen molar-refractivity contribution in [3.05, 3.63) is 64.9 Å². The predicted octanol–water partition coefficient (Wildman–Crippen LogP) is 3.51. The highest BCUT2D eigenvalue weighted by molar-refractivity contribution is 6.30. The summed E-state index contributed by atoms with van der Waals surface area (Å²) in [5.41, 5.74) is 1.98. The van der Waals surface area contributed by atoms with Crippen LogP contribution in [0.2, 0.25) is 5.02 Å². The number of halogens is 1. The van der Waals surface area contributed by atoms with Crippen LogP contribution in [-0.4, -0.2) is 17.6 Å². The van der Waals surface area contributed by atoms with Crippen LogP contribution in [0, 0.1) is 0 Å². The molecule has 0 atom stereocenters. The van der Waals surface area contributed by atoms with E-state index in [9.17, 15) is 4.79 Å². The van der Waals surface area contributed by atoms with Crippen molar-refractivity contribution in [2.24, 2.45) is 0 Å². The molecule has 0 saturated heterocycles. The third-order valence-corrected chi connectivity index (χ3v) is 3.77. The quantitative estimate of drug-likeness (QED) is 0.886. The molecular weight excluding hydrogens is 298 g/mol. The summed E-state index contributed by atoms with van der Waals surface area (Å²) < 4.78 is 0. The molecule has 2 amide bonds. The first-order valence-corrected chi connectivity index (χ1v) is 7.52. The molecule has 0 bridgehead atoms. The minimum absolute atomic E-state index is 0.168. The summed E-state index contributed by atoms with van der Waals surface area (Å²) in [5, 5.41) is 6.45. The normalized spacial score (nSPS) is 11.0. The van der Waals surface area contributed by atoms with Gasteiger partial charge in [-0.3, -0.25) is 4.98 Å². The summed E-state index contributed by atoms with van der Waals surface area (Å²) >= 11 is 5.90. The fourth-order valence-electron chi connectivity index (χ4n) is 2.05. The van der Waals surface area contributed by atoms with Crippen LogP contribution in [0.25, 0.3) is 0 Å². The van der Waals surface area contributed by atoms with Gasteiger partial charge in [0.05, 0.1) is 0 Å². The van der Waals surface area contributed by atoms with Crippen molar-refractivity contribution >= 4 is 17.6 Å². The third kappa shape index (κ3) is 4.74. The summed E-state index contributed by atoms with van der Waals surface area (Å²) in [6.07, 6.45) is 3.41. The van der Waals surface area contributed by atoms with Gasteiger partial charge in [0.2, 0.25) is 0 Å². The van der Waals surface area contributed by atoms with Crippen LogP contribution in [0.5, 0.6) is 0 Å². The number of nitrogens with one attached hydrogen (secondary N) is 2. The monoisotopic (exact) mass is 317 g/mol. The molecule has 0 saturated carbocycles. The summed E-state index contributed by atoms with van der Waals surface area (Å²) in [4.78, 5) is 15.8. The largest absolute Gasteiger partial charge is 0.337 e. The van der Waals surface area contributed by atoms with E-state index in [4.69, 9.17) is 11.6 Å². The molecule has 1 aromatic carbocycles. The maximum Gasteiger partial charge on any atom is 0.315 e. The van der Waals surface area contributed by atoms with Gasteiger partial charge >= 0.3 is 6.03 Å². The number of carbonyl (C=O) groups excluding carboxylic acids is 1. The van der Waals surface area contributed by atoms with Crippen molar-refractivity contribution in [1.29, 1.82) is 0 Å². The Labute approximate surface area is 135 Å². The number of aromatic nitrogens is 1. The number of amides is 2. The Morgan fingerprint density at radius 1 is 1.09 bits per heavy atom. The maximum atomic E-state index is 11.9. The molecule has 22 heavy (non-hydrogen) atoms.